The van der Waals surface area contributed by atoms with Crippen LogP contribution in [0, 0.1) is 5.82 Å². The van der Waals surface area contributed by atoms with Crippen molar-refractivity contribution in [1.29, 1.82) is 0 Å². The van der Waals surface area contributed by atoms with Crippen LogP contribution in [0.1, 0.15) is 12.8 Å². The van der Waals surface area contributed by atoms with Crippen LogP contribution in [0.5, 0.6) is 5.75 Å². The summed E-state index contributed by atoms with van der Waals surface area (Å²) in [5.74, 6) is 0.544. The van der Waals surface area contributed by atoms with Crippen LogP contribution in [0.2, 0.25) is 0 Å². The molecule has 0 aromatic heterocycles. The molecule has 0 aliphatic carbocycles. The maximum absolute atomic E-state index is 12.7. The summed E-state index contributed by atoms with van der Waals surface area (Å²) in [7, 11) is 1.48. The van der Waals surface area contributed by atoms with Gasteiger partial charge in [-0.3, -0.25) is 4.99 Å². The molecule has 0 atom stereocenters. The fourth-order valence-electron chi connectivity index (χ4n) is 1.54. The lowest BCUT2D eigenvalue weighted by Gasteiger charge is -2.13. The highest BCUT2D eigenvalue weighted by Gasteiger charge is 2.26. The summed E-state index contributed by atoms with van der Waals surface area (Å²) in [5.41, 5.74) is 0. The molecule has 0 unspecified atom stereocenters. The molecule has 0 saturated heterocycles. The van der Waals surface area contributed by atoms with Gasteiger partial charge in [-0.2, -0.15) is 13.2 Å². The maximum atomic E-state index is 12.7. The molecular formula is C14H19F4N3O. The van der Waals surface area contributed by atoms with Crippen molar-refractivity contribution in [1.82, 2.24) is 10.6 Å². The van der Waals surface area contributed by atoms with E-state index in [-0.39, 0.29) is 12.4 Å². The van der Waals surface area contributed by atoms with Crippen molar-refractivity contribution < 1.29 is 22.3 Å². The molecule has 22 heavy (non-hydrogen) atoms. The summed E-state index contributed by atoms with van der Waals surface area (Å²) in [4.78, 5) is 3.82. The van der Waals surface area contributed by atoms with Gasteiger partial charge in [0.25, 0.3) is 0 Å². The quantitative estimate of drug-likeness (QED) is 0.351. The molecule has 0 heterocycles. The van der Waals surface area contributed by atoms with E-state index < -0.39 is 12.6 Å². The lowest BCUT2D eigenvalue weighted by molar-refractivity contribution is -0.132. The summed E-state index contributed by atoms with van der Waals surface area (Å²) in [6, 6.07) is 5.67. The Kier molecular flexibility index (Phi) is 7.48. The first-order valence-electron chi connectivity index (χ1n) is 6.80. The Morgan fingerprint density at radius 1 is 1.14 bits per heavy atom. The van der Waals surface area contributed by atoms with Crippen LogP contribution in [-0.2, 0) is 0 Å². The van der Waals surface area contributed by atoms with Crippen LogP contribution in [-0.4, -0.2) is 38.9 Å². The number of hydrogen-bond donors (Lipinski definition) is 2. The van der Waals surface area contributed by atoms with E-state index in [9.17, 15) is 17.6 Å². The highest BCUT2D eigenvalue weighted by atomic mass is 19.4. The van der Waals surface area contributed by atoms with Crippen molar-refractivity contribution in [2.45, 2.75) is 19.0 Å². The molecule has 4 nitrogen and oxygen atoms in total. The Bertz CT molecular complexity index is 460. The first-order chi connectivity index (χ1) is 10.4. The third-order valence-corrected chi connectivity index (χ3v) is 2.62. The maximum Gasteiger partial charge on any atom is 0.390 e. The average Bonchev–Trinajstić information content (AvgIpc) is 2.45. The zero-order valence-corrected chi connectivity index (χ0v) is 12.2. The zero-order valence-electron chi connectivity index (χ0n) is 12.2. The van der Waals surface area contributed by atoms with Crippen molar-refractivity contribution in [2.75, 3.05) is 26.7 Å². The highest BCUT2D eigenvalue weighted by molar-refractivity contribution is 5.79. The van der Waals surface area contributed by atoms with Gasteiger partial charge in [-0.15, -0.1) is 0 Å². The minimum Gasteiger partial charge on any atom is -0.494 e. The molecule has 0 aliphatic rings. The van der Waals surface area contributed by atoms with Gasteiger partial charge < -0.3 is 15.4 Å². The van der Waals surface area contributed by atoms with Crippen molar-refractivity contribution in [3.05, 3.63) is 30.1 Å². The number of halogens is 4. The summed E-state index contributed by atoms with van der Waals surface area (Å²) in [6.07, 6.45) is -4.48. The lowest BCUT2D eigenvalue weighted by atomic mass is 10.3. The summed E-state index contributed by atoms with van der Waals surface area (Å²) < 4.78 is 54.1. The fourth-order valence-corrected chi connectivity index (χ4v) is 1.54. The van der Waals surface area contributed by atoms with E-state index in [1.165, 1.54) is 31.3 Å². The number of nitrogens with one attached hydrogen (secondary N) is 2. The Balaban J connectivity index is 2.13. The van der Waals surface area contributed by atoms with E-state index in [1.807, 2.05) is 0 Å². The molecule has 1 aromatic rings. The predicted molar refractivity (Wildman–Crippen MR) is 76.5 cm³/mol. The molecule has 0 saturated carbocycles. The van der Waals surface area contributed by atoms with Crippen molar-refractivity contribution in [3.8, 4) is 5.75 Å². The van der Waals surface area contributed by atoms with E-state index in [0.29, 0.717) is 31.3 Å². The Morgan fingerprint density at radius 2 is 1.77 bits per heavy atom. The first-order valence-corrected chi connectivity index (χ1v) is 6.80. The van der Waals surface area contributed by atoms with Gasteiger partial charge in [-0.05, 0) is 30.7 Å². The van der Waals surface area contributed by atoms with Gasteiger partial charge in [-0.1, -0.05) is 0 Å². The van der Waals surface area contributed by atoms with Gasteiger partial charge in [0.15, 0.2) is 5.96 Å². The van der Waals surface area contributed by atoms with Crippen molar-refractivity contribution >= 4 is 5.96 Å². The summed E-state index contributed by atoms with van der Waals surface area (Å²) in [6.45, 7) is 0.667. The van der Waals surface area contributed by atoms with Crippen molar-refractivity contribution in [3.63, 3.8) is 0 Å². The van der Waals surface area contributed by atoms with Gasteiger partial charge >= 0.3 is 6.18 Å². The molecule has 2 N–H and O–H groups in total. The molecule has 0 aliphatic heterocycles. The number of aliphatic imine (C=N–C) groups is 1. The fraction of sp³-hybridized carbons (Fsp3) is 0.500. The second-order valence-corrected chi connectivity index (χ2v) is 4.45. The second kappa shape index (κ2) is 9.11. The third-order valence-electron chi connectivity index (χ3n) is 2.62. The molecule has 0 fully saturated rings. The molecule has 124 valence electrons. The van der Waals surface area contributed by atoms with E-state index in [0.717, 1.165) is 0 Å². The number of guanidine groups is 1. The van der Waals surface area contributed by atoms with Gasteiger partial charge in [0.2, 0.25) is 0 Å². The van der Waals surface area contributed by atoms with Gasteiger partial charge in [0, 0.05) is 20.1 Å². The number of hydrogen-bond acceptors (Lipinski definition) is 2. The number of rotatable bonds is 7. The molecule has 1 rings (SSSR count). The van der Waals surface area contributed by atoms with Crippen LogP contribution < -0.4 is 15.4 Å². The van der Waals surface area contributed by atoms with Crippen LogP contribution >= 0.6 is 0 Å². The minimum atomic E-state index is -4.19. The van der Waals surface area contributed by atoms with Gasteiger partial charge in [0.1, 0.15) is 11.6 Å². The lowest BCUT2D eigenvalue weighted by Crippen LogP contribution is -2.39. The molecule has 0 radical (unpaired) electrons. The third kappa shape index (κ3) is 8.33. The van der Waals surface area contributed by atoms with Gasteiger partial charge in [-0.25, -0.2) is 4.39 Å². The number of nitrogens with zero attached hydrogens (tertiary/aromatic N) is 1. The number of benzene rings is 1. The van der Waals surface area contributed by atoms with E-state index in [4.69, 9.17) is 4.74 Å². The van der Waals surface area contributed by atoms with Crippen molar-refractivity contribution in [2.24, 2.45) is 4.99 Å². The van der Waals surface area contributed by atoms with Gasteiger partial charge in [0.05, 0.1) is 13.0 Å². The minimum absolute atomic E-state index is 0.227. The zero-order chi connectivity index (χ0) is 16.4. The monoisotopic (exact) mass is 321 g/mol. The van der Waals surface area contributed by atoms with E-state index >= 15 is 0 Å². The molecule has 0 bridgehead atoms. The molecule has 1 aromatic carbocycles. The van der Waals surface area contributed by atoms with Crippen LogP contribution in [0.25, 0.3) is 0 Å². The summed E-state index contributed by atoms with van der Waals surface area (Å²) >= 11 is 0. The standard InChI is InChI=1S/C14H19F4N3O/c1-19-13(21-9-7-14(16,17)18)20-8-2-10-22-12-5-3-11(15)4-6-12/h3-6H,2,7-10H2,1H3,(H2,19,20,21). The highest BCUT2D eigenvalue weighted by Crippen LogP contribution is 2.18. The Hall–Kier alpha value is -1.99. The SMILES string of the molecule is CN=C(NCCCOc1ccc(F)cc1)NCCC(F)(F)F. The van der Waals surface area contributed by atoms with E-state index in [2.05, 4.69) is 15.6 Å². The number of alkyl halides is 3. The summed E-state index contributed by atoms with van der Waals surface area (Å²) in [5, 5.41) is 5.46. The smallest absolute Gasteiger partial charge is 0.390 e. The molecular weight excluding hydrogens is 302 g/mol. The van der Waals surface area contributed by atoms with Crippen LogP contribution in [0.4, 0.5) is 17.6 Å². The average molecular weight is 321 g/mol. The second-order valence-electron chi connectivity index (χ2n) is 4.45. The van der Waals surface area contributed by atoms with E-state index in [1.54, 1.807) is 0 Å². The topological polar surface area (TPSA) is 45.7 Å². The molecule has 0 spiro atoms. The predicted octanol–water partition coefficient (Wildman–Crippen LogP) is 2.71. The first kappa shape index (κ1) is 18.1. The normalized spacial score (nSPS) is 12.1. The molecule has 8 heteroatoms. The Morgan fingerprint density at radius 3 is 2.36 bits per heavy atom. The largest absolute Gasteiger partial charge is 0.494 e. The van der Waals surface area contributed by atoms with Crippen LogP contribution in [0.3, 0.4) is 0 Å². The Labute approximate surface area is 126 Å². The van der Waals surface area contributed by atoms with Crippen LogP contribution in [0.15, 0.2) is 29.3 Å². The molecule has 0 amide bonds. The number of ether oxygens (including phenoxy) is 1.